The van der Waals surface area contributed by atoms with Crippen molar-refractivity contribution < 1.29 is 21.9 Å². The SMILES string of the molecule is COCCN1CCS(=O)(=O)c2c(F)c(N3CCCC3)nc(F)c21. The molecule has 0 spiro atoms. The van der Waals surface area contributed by atoms with Gasteiger partial charge >= 0.3 is 0 Å². The Morgan fingerprint density at radius 3 is 2.57 bits per heavy atom. The van der Waals surface area contributed by atoms with Gasteiger partial charge in [0.2, 0.25) is 5.95 Å². The lowest BCUT2D eigenvalue weighted by atomic mass is 10.3. The number of pyridine rings is 1. The molecule has 6 nitrogen and oxygen atoms in total. The standard InChI is InChI=1S/C14H19F2N3O3S/c1-22-8-6-18-7-9-23(20,21)12-10(15)14(17-13(16)11(12)18)19-4-2-3-5-19/h2-9H2,1H3. The highest BCUT2D eigenvalue weighted by Crippen LogP contribution is 2.38. The summed E-state index contributed by atoms with van der Waals surface area (Å²) >= 11 is 0. The van der Waals surface area contributed by atoms with Crippen LogP contribution in [0, 0.1) is 11.8 Å². The Morgan fingerprint density at radius 2 is 1.91 bits per heavy atom. The third-order valence-corrected chi connectivity index (χ3v) is 5.95. The first-order valence-electron chi connectivity index (χ1n) is 7.56. The summed E-state index contributed by atoms with van der Waals surface area (Å²) in [5.41, 5.74) is -0.270. The molecule has 0 bridgehead atoms. The van der Waals surface area contributed by atoms with Crippen LogP contribution in [0.4, 0.5) is 20.3 Å². The van der Waals surface area contributed by atoms with E-state index in [1.54, 1.807) is 4.90 Å². The molecule has 128 valence electrons. The summed E-state index contributed by atoms with van der Waals surface area (Å²) in [6.07, 6.45) is 1.71. The topological polar surface area (TPSA) is 62.7 Å². The maximum absolute atomic E-state index is 14.9. The predicted molar refractivity (Wildman–Crippen MR) is 81.7 cm³/mol. The first-order chi connectivity index (χ1) is 11.0. The third-order valence-electron chi connectivity index (χ3n) is 4.24. The van der Waals surface area contributed by atoms with E-state index in [1.807, 2.05) is 0 Å². The van der Waals surface area contributed by atoms with Crippen molar-refractivity contribution in [2.45, 2.75) is 17.7 Å². The van der Waals surface area contributed by atoms with Crippen molar-refractivity contribution in [1.82, 2.24) is 4.98 Å². The molecule has 3 rings (SSSR count). The smallest absolute Gasteiger partial charge is 0.239 e. The van der Waals surface area contributed by atoms with Gasteiger partial charge in [0.1, 0.15) is 10.6 Å². The zero-order valence-electron chi connectivity index (χ0n) is 12.9. The Morgan fingerprint density at radius 1 is 1.22 bits per heavy atom. The van der Waals surface area contributed by atoms with Gasteiger partial charge in [0.15, 0.2) is 21.5 Å². The highest BCUT2D eigenvalue weighted by atomic mass is 32.2. The molecule has 1 fully saturated rings. The van der Waals surface area contributed by atoms with Crippen molar-refractivity contribution in [2.75, 3.05) is 55.4 Å². The van der Waals surface area contributed by atoms with Crippen LogP contribution in [0.15, 0.2) is 4.90 Å². The zero-order chi connectivity index (χ0) is 16.6. The number of hydrogen-bond donors (Lipinski definition) is 0. The second kappa shape index (κ2) is 6.20. The summed E-state index contributed by atoms with van der Waals surface area (Å²) in [7, 11) is -2.38. The third kappa shape index (κ3) is 2.87. The van der Waals surface area contributed by atoms with Crippen LogP contribution >= 0.6 is 0 Å². The lowest BCUT2D eigenvalue weighted by molar-refractivity contribution is 0.205. The minimum absolute atomic E-state index is 0.0970. The minimum Gasteiger partial charge on any atom is -0.383 e. The zero-order valence-corrected chi connectivity index (χ0v) is 13.7. The maximum Gasteiger partial charge on any atom is 0.239 e. The molecule has 9 heteroatoms. The Hall–Kier alpha value is -1.48. The van der Waals surface area contributed by atoms with E-state index < -0.39 is 26.5 Å². The minimum atomic E-state index is -3.87. The first-order valence-corrected chi connectivity index (χ1v) is 9.21. The number of hydrogen-bond acceptors (Lipinski definition) is 6. The fraction of sp³-hybridized carbons (Fsp3) is 0.643. The fourth-order valence-corrected chi connectivity index (χ4v) is 4.60. The largest absolute Gasteiger partial charge is 0.383 e. The Labute approximate surface area is 134 Å². The van der Waals surface area contributed by atoms with Crippen LogP contribution < -0.4 is 9.80 Å². The predicted octanol–water partition coefficient (Wildman–Crippen LogP) is 1.20. The van der Waals surface area contributed by atoms with Gasteiger partial charge in [0.25, 0.3) is 0 Å². The molecule has 1 aromatic heterocycles. The van der Waals surface area contributed by atoms with Crippen molar-refractivity contribution in [3.05, 3.63) is 11.8 Å². The number of methoxy groups -OCH3 is 1. The van der Waals surface area contributed by atoms with Crippen LogP contribution in [0.1, 0.15) is 12.8 Å². The molecule has 0 N–H and O–H groups in total. The van der Waals surface area contributed by atoms with Gasteiger partial charge in [0, 0.05) is 33.3 Å². The number of fused-ring (bicyclic) bond motifs is 1. The summed E-state index contributed by atoms with van der Waals surface area (Å²) in [6.45, 7) is 1.76. The van der Waals surface area contributed by atoms with Crippen LogP contribution in [0.2, 0.25) is 0 Å². The molecular weight excluding hydrogens is 328 g/mol. The van der Waals surface area contributed by atoms with E-state index in [0.717, 1.165) is 12.8 Å². The molecule has 1 aromatic rings. The molecule has 0 aliphatic carbocycles. The quantitative estimate of drug-likeness (QED) is 0.763. The average molecular weight is 347 g/mol. The molecule has 2 aliphatic rings. The molecule has 23 heavy (non-hydrogen) atoms. The van der Waals surface area contributed by atoms with Gasteiger partial charge in [-0.05, 0) is 12.8 Å². The molecule has 0 amide bonds. The highest BCUT2D eigenvalue weighted by molar-refractivity contribution is 7.91. The van der Waals surface area contributed by atoms with Crippen molar-refractivity contribution in [2.24, 2.45) is 0 Å². The summed E-state index contributed by atoms with van der Waals surface area (Å²) < 4.78 is 59.0. The van der Waals surface area contributed by atoms with E-state index in [4.69, 9.17) is 4.74 Å². The van der Waals surface area contributed by atoms with Gasteiger partial charge in [-0.15, -0.1) is 0 Å². The van der Waals surface area contributed by atoms with Gasteiger partial charge in [-0.3, -0.25) is 0 Å². The normalized spacial score (nSPS) is 20.0. The van der Waals surface area contributed by atoms with E-state index in [-0.39, 0.29) is 37.0 Å². The van der Waals surface area contributed by atoms with E-state index in [0.29, 0.717) is 13.1 Å². The molecule has 0 radical (unpaired) electrons. The van der Waals surface area contributed by atoms with Crippen molar-refractivity contribution in [3.63, 3.8) is 0 Å². The van der Waals surface area contributed by atoms with Crippen LogP contribution in [-0.2, 0) is 14.6 Å². The number of anilines is 2. The van der Waals surface area contributed by atoms with E-state index in [2.05, 4.69) is 4.98 Å². The van der Waals surface area contributed by atoms with Crippen LogP contribution in [0.25, 0.3) is 0 Å². The highest BCUT2D eigenvalue weighted by Gasteiger charge is 2.38. The lowest BCUT2D eigenvalue weighted by Crippen LogP contribution is -2.39. The van der Waals surface area contributed by atoms with Gasteiger partial charge in [0.05, 0.1) is 12.4 Å². The lowest BCUT2D eigenvalue weighted by Gasteiger charge is -2.32. The van der Waals surface area contributed by atoms with E-state index >= 15 is 0 Å². The Kier molecular flexibility index (Phi) is 4.41. The van der Waals surface area contributed by atoms with Gasteiger partial charge < -0.3 is 14.5 Å². The average Bonchev–Trinajstić information content (AvgIpc) is 3.03. The van der Waals surface area contributed by atoms with Crippen molar-refractivity contribution in [3.8, 4) is 0 Å². The maximum atomic E-state index is 14.9. The van der Waals surface area contributed by atoms with E-state index in [9.17, 15) is 17.2 Å². The molecule has 0 saturated carbocycles. The van der Waals surface area contributed by atoms with Crippen LogP contribution in [0.3, 0.4) is 0 Å². The molecule has 3 heterocycles. The summed E-state index contributed by atoms with van der Waals surface area (Å²) in [4.78, 5) is 6.25. The Bertz CT molecular complexity index is 706. The van der Waals surface area contributed by atoms with Crippen LogP contribution in [0.5, 0.6) is 0 Å². The molecule has 0 atom stereocenters. The van der Waals surface area contributed by atoms with Crippen LogP contribution in [-0.4, -0.2) is 59.1 Å². The Balaban J connectivity index is 2.13. The number of rotatable bonds is 4. The van der Waals surface area contributed by atoms with Crippen molar-refractivity contribution >= 4 is 21.3 Å². The molecule has 1 saturated heterocycles. The first kappa shape index (κ1) is 16.4. The molecule has 0 unspecified atom stereocenters. The number of halogens is 2. The summed E-state index contributed by atoms with van der Waals surface area (Å²) in [5, 5.41) is 0. The molecular formula is C14H19F2N3O3S. The number of nitrogens with zero attached hydrogens (tertiary/aromatic N) is 3. The monoisotopic (exact) mass is 347 g/mol. The second-order valence-electron chi connectivity index (χ2n) is 5.71. The van der Waals surface area contributed by atoms with Gasteiger partial charge in [-0.25, -0.2) is 12.8 Å². The van der Waals surface area contributed by atoms with Gasteiger partial charge in [-0.2, -0.15) is 9.37 Å². The van der Waals surface area contributed by atoms with Gasteiger partial charge in [-0.1, -0.05) is 0 Å². The number of sulfone groups is 1. The molecule has 2 aliphatic heterocycles. The summed E-state index contributed by atoms with van der Waals surface area (Å²) in [5.74, 6) is -2.33. The van der Waals surface area contributed by atoms with Crippen molar-refractivity contribution in [1.29, 1.82) is 0 Å². The number of ether oxygens (including phenoxy) is 1. The summed E-state index contributed by atoms with van der Waals surface area (Å²) in [6, 6.07) is 0. The number of aromatic nitrogens is 1. The second-order valence-corrected chi connectivity index (χ2v) is 7.76. The van der Waals surface area contributed by atoms with E-state index in [1.165, 1.54) is 12.0 Å². The molecule has 0 aromatic carbocycles. The fourth-order valence-electron chi connectivity index (χ4n) is 3.06.